The Bertz CT molecular complexity index is 414. The lowest BCUT2D eigenvalue weighted by atomic mass is 9.89. The van der Waals surface area contributed by atoms with Crippen LogP contribution in [-0.2, 0) is 5.54 Å². The van der Waals surface area contributed by atoms with E-state index in [2.05, 4.69) is 12.2 Å². The highest BCUT2D eigenvalue weighted by Gasteiger charge is 2.33. The molecule has 1 heterocycles. The van der Waals surface area contributed by atoms with Gasteiger partial charge in [-0.1, -0.05) is 11.6 Å². The van der Waals surface area contributed by atoms with Crippen molar-refractivity contribution in [3.05, 3.63) is 22.7 Å². The lowest BCUT2D eigenvalue weighted by molar-refractivity contribution is 0.363. The van der Waals surface area contributed by atoms with Crippen LogP contribution in [0.15, 0.2) is 12.1 Å². The molecule has 4 heteroatoms. The zero-order chi connectivity index (χ0) is 12.5. The van der Waals surface area contributed by atoms with Gasteiger partial charge in [-0.25, -0.2) is 0 Å². The normalized spacial score (nSPS) is 23.8. The van der Waals surface area contributed by atoms with Crippen molar-refractivity contribution in [1.82, 2.24) is 5.32 Å². The summed E-state index contributed by atoms with van der Waals surface area (Å²) in [6.07, 6.45) is 2.26. The van der Waals surface area contributed by atoms with Gasteiger partial charge in [-0.3, -0.25) is 0 Å². The van der Waals surface area contributed by atoms with Gasteiger partial charge in [-0.15, -0.1) is 0 Å². The van der Waals surface area contributed by atoms with Gasteiger partial charge in [-0.05, 0) is 32.4 Å². The van der Waals surface area contributed by atoms with Crippen LogP contribution < -0.4 is 14.8 Å². The first-order chi connectivity index (χ1) is 8.10. The maximum Gasteiger partial charge on any atom is 0.141 e. The molecule has 1 atom stereocenters. The van der Waals surface area contributed by atoms with Crippen molar-refractivity contribution in [1.29, 1.82) is 0 Å². The number of nitrogens with one attached hydrogen (secondary N) is 1. The molecule has 0 bridgehead atoms. The molecule has 2 rings (SSSR count). The minimum Gasteiger partial charge on any atom is -0.496 e. The Balaban J connectivity index is 2.49. The van der Waals surface area contributed by atoms with E-state index < -0.39 is 0 Å². The highest BCUT2D eigenvalue weighted by atomic mass is 35.5. The standard InChI is InChI=1S/C13H18ClNO2/c1-13(5-4-6-15-13)9-7-10(14)12(17-3)8-11(9)16-2/h7-8,15H,4-6H2,1-3H3. The first-order valence-corrected chi connectivity index (χ1v) is 6.15. The number of halogens is 1. The molecule has 0 aromatic heterocycles. The summed E-state index contributed by atoms with van der Waals surface area (Å²) in [6.45, 7) is 3.21. The Labute approximate surface area is 107 Å². The Kier molecular flexibility index (Phi) is 3.50. The van der Waals surface area contributed by atoms with E-state index in [1.54, 1.807) is 14.2 Å². The van der Waals surface area contributed by atoms with Crippen molar-refractivity contribution in [2.75, 3.05) is 20.8 Å². The highest BCUT2D eigenvalue weighted by molar-refractivity contribution is 6.32. The van der Waals surface area contributed by atoms with Gasteiger partial charge >= 0.3 is 0 Å². The summed E-state index contributed by atoms with van der Waals surface area (Å²) in [6, 6.07) is 3.79. The molecule has 17 heavy (non-hydrogen) atoms. The molecule has 1 unspecified atom stereocenters. The minimum atomic E-state index is -0.0543. The maximum absolute atomic E-state index is 6.19. The summed E-state index contributed by atoms with van der Waals surface area (Å²) in [7, 11) is 3.28. The van der Waals surface area contributed by atoms with Crippen LogP contribution in [0.3, 0.4) is 0 Å². The van der Waals surface area contributed by atoms with E-state index >= 15 is 0 Å². The maximum atomic E-state index is 6.19. The molecule has 1 aromatic rings. The molecule has 0 aliphatic carbocycles. The third-order valence-corrected chi connectivity index (χ3v) is 3.73. The Morgan fingerprint density at radius 3 is 2.47 bits per heavy atom. The molecule has 1 fully saturated rings. The summed E-state index contributed by atoms with van der Waals surface area (Å²) in [5.41, 5.74) is 1.05. The molecule has 0 saturated carbocycles. The van der Waals surface area contributed by atoms with Crippen LogP contribution in [0.1, 0.15) is 25.3 Å². The Hall–Kier alpha value is -0.930. The smallest absolute Gasteiger partial charge is 0.141 e. The van der Waals surface area contributed by atoms with Gasteiger partial charge in [0.2, 0.25) is 0 Å². The Morgan fingerprint density at radius 1 is 1.24 bits per heavy atom. The van der Waals surface area contributed by atoms with Crippen LogP contribution in [0.4, 0.5) is 0 Å². The summed E-state index contributed by atoms with van der Waals surface area (Å²) < 4.78 is 10.6. The van der Waals surface area contributed by atoms with Gasteiger partial charge in [0.25, 0.3) is 0 Å². The van der Waals surface area contributed by atoms with Crippen LogP contribution in [0.25, 0.3) is 0 Å². The van der Waals surface area contributed by atoms with Crippen LogP contribution >= 0.6 is 11.6 Å². The summed E-state index contributed by atoms with van der Waals surface area (Å²) in [5.74, 6) is 1.47. The summed E-state index contributed by atoms with van der Waals surface area (Å²) in [5, 5.41) is 4.13. The van der Waals surface area contributed by atoms with Gasteiger partial charge in [-0.2, -0.15) is 0 Å². The van der Waals surface area contributed by atoms with E-state index in [9.17, 15) is 0 Å². The van der Waals surface area contributed by atoms with E-state index in [0.29, 0.717) is 10.8 Å². The third kappa shape index (κ3) is 2.22. The second-order valence-electron chi connectivity index (χ2n) is 4.55. The monoisotopic (exact) mass is 255 g/mol. The van der Waals surface area contributed by atoms with Crippen molar-refractivity contribution in [3.63, 3.8) is 0 Å². The number of rotatable bonds is 3. The minimum absolute atomic E-state index is 0.0543. The molecule has 1 aliphatic rings. The number of benzene rings is 1. The van der Waals surface area contributed by atoms with Crippen molar-refractivity contribution in [2.24, 2.45) is 0 Å². The first kappa shape index (κ1) is 12.5. The van der Waals surface area contributed by atoms with E-state index in [-0.39, 0.29) is 5.54 Å². The fourth-order valence-electron chi connectivity index (χ4n) is 2.42. The molecule has 0 spiro atoms. The average Bonchev–Trinajstić information content (AvgIpc) is 2.77. The second kappa shape index (κ2) is 4.75. The van der Waals surface area contributed by atoms with Crippen molar-refractivity contribution in [2.45, 2.75) is 25.3 Å². The SMILES string of the molecule is COc1cc(OC)c(C2(C)CCCN2)cc1Cl. The fourth-order valence-corrected chi connectivity index (χ4v) is 2.66. The predicted molar refractivity (Wildman–Crippen MR) is 69.1 cm³/mol. The number of hydrogen-bond donors (Lipinski definition) is 1. The van der Waals surface area contributed by atoms with Crippen molar-refractivity contribution < 1.29 is 9.47 Å². The molecule has 1 N–H and O–H groups in total. The fraction of sp³-hybridized carbons (Fsp3) is 0.538. The van der Waals surface area contributed by atoms with E-state index in [1.165, 1.54) is 6.42 Å². The topological polar surface area (TPSA) is 30.5 Å². The molecule has 1 aliphatic heterocycles. The van der Waals surface area contributed by atoms with Crippen LogP contribution in [0, 0.1) is 0 Å². The highest BCUT2D eigenvalue weighted by Crippen LogP contribution is 2.41. The largest absolute Gasteiger partial charge is 0.496 e. The van der Waals surface area contributed by atoms with E-state index in [4.69, 9.17) is 21.1 Å². The average molecular weight is 256 g/mol. The zero-order valence-electron chi connectivity index (χ0n) is 10.5. The van der Waals surface area contributed by atoms with E-state index in [0.717, 1.165) is 24.3 Å². The predicted octanol–water partition coefficient (Wildman–Crippen LogP) is 2.96. The molecule has 3 nitrogen and oxygen atoms in total. The molecular formula is C13H18ClNO2. The molecule has 0 radical (unpaired) electrons. The van der Waals surface area contributed by atoms with Crippen molar-refractivity contribution in [3.8, 4) is 11.5 Å². The van der Waals surface area contributed by atoms with Gasteiger partial charge in [0.15, 0.2) is 0 Å². The number of hydrogen-bond acceptors (Lipinski definition) is 3. The molecule has 0 amide bonds. The van der Waals surface area contributed by atoms with Crippen molar-refractivity contribution >= 4 is 11.6 Å². The molecule has 1 aromatic carbocycles. The lowest BCUT2D eigenvalue weighted by Gasteiger charge is -2.27. The summed E-state index contributed by atoms with van der Waals surface area (Å²) >= 11 is 6.19. The van der Waals surface area contributed by atoms with Gasteiger partial charge < -0.3 is 14.8 Å². The summed E-state index contributed by atoms with van der Waals surface area (Å²) in [4.78, 5) is 0. The molecule has 1 saturated heterocycles. The molecule has 94 valence electrons. The van der Waals surface area contributed by atoms with E-state index in [1.807, 2.05) is 12.1 Å². The van der Waals surface area contributed by atoms with Gasteiger partial charge in [0, 0.05) is 17.2 Å². The Morgan fingerprint density at radius 2 is 1.94 bits per heavy atom. The van der Waals surface area contributed by atoms with Crippen LogP contribution in [0.5, 0.6) is 11.5 Å². The van der Waals surface area contributed by atoms with Gasteiger partial charge in [0.1, 0.15) is 11.5 Å². The zero-order valence-corrected chi connectivity index (χ0v) is 11.2. The second-order valence-corrected chi connectivity index (χ2v) is 4.96. The first-order valence-electron chi connectivity index (χ1n) is 5.78. The number of methoxy groups -OCH3 is 2. The lowest BCUT2D eigenvalue weighted by Crippen LogP contribution is -2.33. The quantitative estimate of drug-likeness (QED) is 0.901. The molecular weight excluding hydrogens is 238 g/mol. The van der Waals surface area contributed by atoms with Gasteiger partial charge in [0.05, 0.1) is 19.2 Å². The third-order valence-electron chi connectivity index (χ3n) is 3.44. The van der Waals surface area contributed by atoms with Crippen LogP contribution in [0.2, 0.25) is 5.02 Å². The number of ether oxygens (including phenoxy) is 2. The van der Waals surface area contributed by atoms with Crippen LogP contribution in [-0.4, -0.2) is 20.8 Å².